The first-order valence-electron chi connectivity index (χ1n) is 12.8. The van der Waals surface area contributed by atoms with Gasteiger partial charge in [-0.3, -0.25) is 19.2 Å². The highest BCUT2D eigenvalue weighted by Gasteiger charge is 2.37. The van der Waals surface area contributed by atoms with Crippen LogP contribution in [0.1, 0.15) is 30.4 Å². The van der Waals surface area contributed by atoms with Gasteiger partial charge in [-0.25, -0.2) is 0 Å². The molecule has 2 aromatic carbocycles. The molecule has 39 heavy (non-hydrogen) atoms. The zero-order valence-corrected chi connectivity index (χ0v) is 22.1. The van der Waals surface area contributed by atoms with Crippen LogP contribution in [-0.2, 0) is 32.0 Å². The van der Waals surface area contributed by atoms with Gasteiger partial charge in [0.25, 0.3) is 0 Å². The second-order valence-electron chi connectivity index (χ2n) is 9.70. The first kappa shape index (κ1) is 28.0. The van der Waals surface area contributed by atoms with Crippen molar-refractivity contribution in [1.29, 1.82) is 0 Å². The number of fused-ring (bicyclic) bond motifs is 1. The van der Waals surface area contributed by atoms with Gasteiger partial charge in [0.15, 0.2) is 0 Å². The van der Waals surface area contributed by atoms with Crippen LogP contribution in [0.5, 0.6) is 5.75 Å². The van der Waals surface area contributed by atoms with Crippen molar-refractivity contribution in [3.8, 4) is 5.75 Å². The molecule has 11 heteroatoms. The van der Waals surface area contributed by atoms with Crippen LogP contribution in [0.25, 0.3) is 10.9 Å². The summed E-state index contributed by atoms with van der Waals surface area (Å²) in [5, 5.41) is 16.2. The monoisotopic (exact) mass is 553 g/mol. The SMILES string of the molecule is NC(=O)[C@H](Cc1c[nH]c2ccccc12)NC(=O)[C@@H]1CCCCN1C(=O)[C@H](Cc1cccc(O)c1)NC(=O)CCl. The van der Waals surface area contributed by atoms with E-state index in [0.717, 1.165) is 22.9 Å². The summed E-state index contributed by atoms with van der Waals surface area (Å²) in [6, 6.07) is 11.2. The van der Waals surface area contributed by atoms with Gasteiger partial charge in [-0.15, -0.1) is 11.6 Å². The van der Waals surface area contributed by atoms with E-state index < -0.39 is 41.8 Å². The first-order chi connectivity index (χ1) is 18.8. The first-order valence-corrected chi connectivity index (χ1v) is 13.4. The van der Waals surface area contributed by atoms with Gasteiger partial charge in [0.2, 0.25) is 23.6 Å². The average Bonchev–Trinajstić information content (AvgIpc) is 3.34. The molecule has 4 amide bonds. The normalized spacial score (nSPS) is 16.8. The van der Waals surface area contributed by atoms with E-state index >= 15 is 0 Å². The second-order valence-corrected chi connectivity index (χ2v) is 9.97. The van der Waals surface area contributed by atoms with Crippen LogP contribution in [0.15, 0.2) is 54.7 Å². The maximum Gasteiger partial charge on any atom is 0.246 e. The fourth-order valence-corrected chi connectivity index (χ4v) is 5.11. The maximum atomic E-state index is 13.7. The molecule has 0 radical (unpaired) electrons. The zero-order valence-electron chi connectivity index (χ0n) is 21.4. The zero-order chi connectivity index (χ0) is 27.9. The molecule has 0 unspecified atom stereocenters. The minimum absolute atomic E-state index is 0.0327. The lowest BCUT2D eigenvalue weighted by atomic mass is 9.97. The topological polar surface area (TPSA) is 158 Å². The molecule has 0 bridgehead atoms. The van der Waals surface area contributed by atoms with Gasteiger partial charge in [0.1, 0.15) is 29.8 Å². The number of aromatic nitrogens is 1. The molecule has 3 aromatic rings. The molecule has 3 atom stereocenters. The number of para-hydroxylation sites is 1. The van der Waals surface area contributed by atoms with Crippen LogP contribution in [0.4, 0.5) is 0 Å². The molecule has 0 aliphatic carbocycles. The van der Waals surface area contributed by atoms with Crippen LogP contribution in [0.2, 0.25) is 0 Å². The second kappa shape index (κ2) is 12.7. The van der Waals surface area contributed by atoms with Crippen molar-refractivity contribution in [2.75, 3.05) is 12.4 Å². The molecular formula is C28H32ClN5O5. The quantitative estimate of drug-likeness (QED) is 0.242. The molecule has 6 N–H and O–H groups in total. The third kappa shape index (κ3) is 6.88. The molecule has 0 spiro atoms. The molecule has 206 valence electrons. The van der Waals surface area contributed by atoms with Gasteiger partial charge in [0, 0.05) is 36.5 Å². The highest BCUT2D eigenvalue weighted by Crippen LogP contribution is 2.22. The minimum atomic E-state index is -0.996. The number of nitrogens with two attached hydrogens (primary N) is 1. The summed E-state index contributed by atoms with van der Waals surface area (Å²) < 4.78 is 0. The van der Waals surface area contributed by atoms with Crippen LogP contribution in [-0.4, -0.2) is 69.2 Å². The fraction of sp³-hybridized carbons (Fsp3) is 0.357. The van der Waals surface area contributed by atoms with Crippen LogP contribution >= 0.6 is 11.6 Å². The number of nitrogens with zero attached hydrogens (tertiary/aromatic N) is 1. The Morgan fingerprint density at radius 3 is 2.59 bits per heavy atom. The van der Waals surface area contributed by atoms with E-state index in [1.165, 1.54) is 17.0 Å². The van der Waals surface area contributed by atoms with Crippen molar-refractivity contribution < 1.29 is 24.3 Å². The predicted octanol–water partition coefficient (Wildman–Crippen LogP) is 1.73. The van der Waals surface area contributed by atoms with Gasteiger partial charge < -0.3 is 31.4 Å². The lowest BCUT2D eigenvalue weighted by molar-refractivity contribution is -0.145. The van der Waals surface area contributed by atoms with E-state index in [0.29, 0.717) is 24.9 Å². The number of halogens is 1. The lowest BCUT2D eigenvalue weighted by Gasteiger charge is -2.37. The third-order valence-corrected chi connectivity index (χ3v) is 7.20. The Kier molecular flexibility index (Phi) is 9.08. The van der Waals surface area contributed by atoms with Gasteiger partial charge in [-0.1, -0.05) is 30.3 Å². The highest BCUT2D eigenvalue weighted by atomic mass is 35.5. The summed E-state index contributed by atoms with van der Waals surface area (Å²) in [7, 11) is 0. The van der Waals surface area contributed by atoms with E-state index in [4.69, 9.17) is 17.3 Å². The van der Waals surface area contributed by atoms with E-state index in [1.807, 2.05) is 24.3 Å². The summed E-state index contributed by atoms with van der Waals surface area (Å²) in [6.45, 7) is 0.313. The van der Waals surface area contributed by atoms with E-state index in [9.17, 15) is 24.3 Å². The van der Waals surface area contributed by atoms with Gasteiger partial charge in [-0.05, 0) is 48.6 Å². The Morgan fingerprint density at radius 2 is 1.85 bits per heavy atom. The number of carbonyl (C=O) groups excluding carboxylic acids is 4. The smallest absolute Gasteiger partial charge is 0.246 e. The Hall–Kier alpha value is -4.05. The summed E-state index contributed by atoms with van der Waals surface area (Å²) in [5.41, 5.74) is 8.03. The predicted molar refractivity (Wildman–Crippen MR) is 147 cm³/mol. The minimum Gasteiger partial charge on any atom is -0.508 e. The van der Waals surface area contributed by atoms with Crippen molar-refractivity contribution >= 4 is 46.1 Å². The van der Waals surface area contributed by atoms with Gasteiger partial charge in [-0.2, -0.15) is 0 Å². The number of aromatic amines is 1. The molecule has 1 aromatic heterocycles. The molecule has 1 fully saturated rings. The molecule has 2 heterocycles. The number of phenolic OH excluding ortho intramolecular Hbond substituents is 1. The van der Waals surface area contributed by atoms with Crippen LogP contribution in [0.3, 0.4) is 0 Å². The number of primary amides is 1. The van der Waals surface area contributed by atoms with Crippen molar-refractivity contribution in [3.63, 3.8) is 0 Å². The van der Waals surface area contributed by atoms with Crippen molar-refractivity contribution in [3.05, 3.63) is 65.9 Å². The van der Waals surface area contributed by atoms with Gasteiger partial charge >= 0.3 is 0 Å². The number of benzene rings is 2. The van der Waals surface area contributed by atoms with E-state index in [1.54, 1.807) is 18.3 Å². The van der Waals surface area contributed by atoms with Crippen LogP contribution in [0, 0.1) is 0 Å². The summed E-state index contributed by atoms with van der Waals surface area (Å²) in [4.78, 5) is 56.2. The number of carbonyl (C=O) groups is 4. The Balaban J connectivity index is 1.52. The van der Waals surface area contributed by atoms with E-state index in [-0.39, 0.29) is 24.5 Å². The maximum absolute atomic E-state index is 13.7. The molecule has 1 saturated heterocycles. The molecule has 0 saturated carbocycles. The summed E-state index contributed by atoms with van der Waals surface area (Å²) >= 11 is 5.69. The number of likely N-dealkylation sites (tertiary alicyclic amines) is 1. The van der Waals surface area contributed by atoms with Crippen LogP contribution < -0.4 is 16.4 Å². The Bertz CT molecular complexity index is 1360. The molecule has 4 rings (SSSR count). The number of amides is 4. The fourth-order valence-electron chi connectivity index (χ4n) is 5.03. The number of aromatic hydroxyl groups is 1. The number of nitrogens with one attached hydrogen (secondary N) is 3. The molecule has 1 aliphatic heterocycles. The molecule has 1 aliphatic rings. The van der Waals surface area contributed by atoms with E-state index in [2.05, 4.69) is 15.6 Å². The number of phenols is 1. The average molecular weight is 554 g/mol. The van der Waals surface area contributed by atoms with Crippen molar-refractivity contribution in [2.24, 2.45) is 5.73 Å². The standard InChI is InChI=1S/C28H32ClN5O5/c29-15-25(36)32-23(13-17-6-5-7-19(35)12-17)28(39)34-11-4-3-10-24(34)27(38)33-22(26(30)37)14-18-16-31-21-9-2-1-8-20(18)21/h1-2,5-9,12,16,22-24,31,35H,3-4,10-11,13-15H2,(H2,30,37)(H,32,36)(H,33,38)/t22-,23-,24-/m0/s1. The molecule has 10 nitrogen and oxygen atoms in total. The van der Waals surface area contributed by atoms with Crippen molar-refractivity contribution in [1.82, 2.24) is 20.5 Å². The highest BCUT2D eigenvalue weighted by molar-refractivity contribution is 6.27. The number of piperidine rings is 1. The third-order valence-electron chi connectivity index (χ3n) is 6.95. The summed E-state index contributed by atoms with van der Waals surface area (Å²) in [5.74, 6) is -2.43. The lowest BCUT2D eigenvalue weighted by Crippen LogP contribution is -2.60. The number of H-pyrrole nitrogens is 1. The number of alkyl halides is 1. The summed E-state index contributed by atoms with van der Waals surface area (Å²) in [6.07, 6.45) is 3.89. The number of hydrogen-bond acceptors (Lipinski definition) is 5. The van der Waals surface area contributed by atoms with Crippen molar-refractivity contribution in [2.45, 2.75) is 50.2 Å². The van der Waals surface area contributed by atoms with Gasteiger partial charge in [0.05, 0.1) is 0 Å². The molecular weight excluding hydrogens is 522 g/mol. The Morgan fingerprint density at radius 1 is 1.05 bits per heavy atom. The number of hydrogen-bond donors (Lipinski definition) is 5. The Labute approximate surface area is 230 Å². The largest absolute Gasteiger partial charge is 0.508 e. The number of rotatable bonds is 10.